The molecule has 0 amide bonds. The Balaban J connectivity index is 0. The standard InChI is InChI=1S/2C14H24O2/c1-11(2)7-6-8-12(3)9-10-14(4,5)13(15)16;1-5-13(14(15)16)10-9-12(4)8-6-7-11(2)3/h7,9H,6,8,10H2,1-5H3,(H,15,16);7,9,13H,5-6,8,10H2,1-4H3,(H,15,16)/b2*12-9-. The minimum Gasteiger partial charge on any atom is -0.481 e. The summed E-state index contributed by atoms with van der Waals surface area (Å²) in [5.74, 6) is -1.64. The monoisotopic (exact) mass is 448 g/mol. The molecule has 0 rings (SSSR count). The average Bonchev–Trinajstić information content (AvgIpc) is 2.66. The lowest BCUT2D eigenvalue weighted by Crippen LogP contribution is -2.22. The molecule has 0 aromatic carbocycles. The summed E-state index contributed by atoms with van der Waals surface area (Å²) in [6, 6.07) is 0. The van der Waals surface area contributed by atoms with Crippen molar-refractivity contribution < 1.29 is 19.8 Å². The first kappa shape index (κ1) is 32.1. The minimum absolute atomic E-state index is 0.224. The van der Waals surface area contributed by atoms with Crippen molar-refractivity contribution >= 4 is 11.9 Å². The Labute approximate surface area is 197 Å². The van der Waals surface area contributed by atoms with Crippen LogP contribution in [0, 0.1) is 11.3 Å². The summed E-state index contributed by atoms with van der Waals surface area (Å²) in [6.07, 6.45) is 14.6. The Bertz CT molecular complexity index is 682. The maximum atomic E-state index is 10.9. The Hall–Kier alpha value is -2.10. The van der Waals surface area contributed by atoms with Crippen molar-refractivity contribution in [2.75, 3.05) is 0 Å². The molecule has 184 valence electrons. The largest absolute Gasteiger partial charge is 0.481 e. The van der Waals surface area contributed by atoms with Gasteiger partial charge in [-0.1, -0.05) is 53.5 Å². The van der Waals surface area contributed by atoms with E-state index in [0.29, 0.717) is 19.3 Å². The minimum atomic E-state index is -0.735. The van der Waals surface area contributed by atoms with Crippen LogP contribution in [0.5, 0.6) is 0 Å². The number of hydrogen-bond acceptors (Lipinski definition) is 2. The molecular formula is C28H48O4. The second kappa shape index (κ2) is 17.5. The van der Waals surface area contributed by atoms with E-state index in [-0.39, 0.29) is 5.92 Å². The van der Waals surface area contributed by atoms with Gasteiger partial charge in [-0.2, -0.15) is 0 Å². The van der Waals surface area contributed by atoms with E-state index in [4.69, 9.17) is 10.2 Å². The van der Waals surface area contributed by atoms with Gasteiger partial charge in [-0.3, -0.25) is 9.59 Å². The smallest absolute Gasteiger partial charge is 0.309 e. The van der Waals surface area contributed by atoms with Gasteiger partial charge in [0.15, 0.2) is 0 Å². The molecule has 4 nitrogen and oxygen atoms in total. The van der Waals surface area contributed by atoms with E-state index in [0.717, 1.165) is 25.7 Å². The molecule has 0 saturated heterocycles. The van der Waals surface area contributed by atoms with Gasteiger partial charge in [0.05, 0.1) is 11.3 Å². The molecule has 0 radical (unpaired) electrons. The highest BCUT2D eigenvalue weighted by Crippen LogP contribution is 2.22. The van der Waals surface area contributed by atoms with Gasteiger partial charge < -0.3 is 10.2 Å². The number of carbonyl (C=O) groups is 2. The molecule has 0 aliphatic rings. The molecule has 0 aromatic heterocycles. The van der Waals surface area contributed by atoms with E-state index in [1.54, 1.807) is 13.8 Å². The summed E-state index contributed by atoms with van der Waals surface area (Å²) in [5.41, 5.74) is 4.57. The Morgan fingerprint density at radius 3 is 1.56 bits per heavy atom. The van der Waals surface area contributed by atoms with Crippen LogP contribution in [0.15, 0.2) is 46.6 Å². The van der Waals surface area contributed by atoms with Crippen LogP contribution in [0.1, 0.15) is 107 Å². The van der Waals surface area contributed by atoms with Gasteiger partial charge >= 0.3 is 11.9 Å². The summed E-state index contributed by atoms with van der Waals surface area (Å²) >= 11 is 0. The maximum absolute atomic E-state index is 10.9. The fourth-order valence-electron chi connectivity index (χ4n) is 2.68. The van der Waals surface area contributed by atoms with Crippen LogP contribution in [0.4, 0.5) is 0 Å². The SMILES string of the molecule is CC(C)=CCC/C(C)=C\CC(C)(C)C(=O)O.CCC(C/C=C(/C)CCC=C(C)C)C(=O)O. The highest BCUT2D eigenvalue weighted by Gasteiger charge is 2.25. The third-order valence-corrected chi connectivity index (χ3v) is 5.32. The highest BCUT2D eigenvalue weighted by atomic mass is 16.4. The highest BCUT2D eigenvalue weighted by molar-refractivity contribution is 5.73. The molecule has 0 aromatic rings. The molecule has 0 fully saturated rings. The first-order valence-electron chi connectivity index (χ1n) is 11.8. The lowest BCUT2D eigenvalue weighted by atomic mass is 9.88. The number of hydrogen-bond donors (Lipinski definition) is 2. The van der Waals surface area contributed by atoms with E-state index in [9.17, 15) is 9.59 Å². The molecule has 0 aliphatic carbocycles. The Kier molecular flexibility index (Phi) is 17.5. The van der Waals surface area contributed by atoms with Crippen LogP contribution >= 0.6 is 0 Å². The summed E-state index contributed by atoms with van der Waals surface area (Å²) < 4.78 is 0. The molecule has 1 atom stereocenters. The van der Waals surface area contributed by atoms with Crippen LogP contribution < -0.4 is 0 Å². The Morgan fingerprint density at radius 2 is 1.22 bits per heavy atom. The first-order chi connectivity index (χ1) is 14.7. The topological polar surface area (TPSA) is 74.6 Å². The van der Waals surface area contributed by atoms with Gasteiger partial charge in [-0.25, -0.2) is 0 Å². The van der Waals surface area contributed by atoms with Crippen molar-refractivity contribution in [1.29, 1.82) is 0 Å². The normalized spacial score (nSPS) is 12.9. The third kappa shape index (κ3) is 18.7. The second-order valence-corrected chi connectivity index (χ2v) is 9.81. The first-order valence-corrected chi connectivity index (χ1v) is 11.8. The van der Waals surface area contributed by atoms with E-state index in [2.05, 4.69) is 59.8 Å². The predicted octanol–water partition coefficient (Wildman–Crippen LogP) is 8.36. The third-order valence-electron chi connectivity index (χ3n) is 5.32. The van der Waals surface area contributed by atoms with Gasteiger partial charge in [-0.05, 0) is 100 Å². The van der Waals surface area contributed by atoms with Crippen molar-refractivity contribution in [3.8, 4) is 0 Å². The Morgan fingerprint density at radius 1 is 0.781 bits per heavy atom. The number of carboxylic acid groups (broad SMARTS) is 2. The van der Waals surface area contributed by atoms with E-state index >= 15 is 0 Å². The van der Waals surface area contributed by atoms with Gasteiger partial charge in [-0.15, -0.1) is 0 Å². The van der Waals surface area contributed by atoms with Crippen molar-refractivity contribution in [2.45, 2.75) is 107 Å². The van der Waals surface area contributed by atoms with Crippen LogP contribution in [0.2, 0.25) is 0 Å². The quantitative estimate of drug-likeness (QED) is 0.277. The summed E-state index contributed by atoms with van der Waals surface area (Å²) in [7, 11) is 0. The lowest BCUT2D eigenvalue weighted by molar-refractivity contribution is -0.146. The molecule has 0 bridgehead atoms. The molecule has 0 heterocycles. The van der Waals surface area contributed by atoms with Crippen LogP contribution in [-0.4, -0.2) is 22.2 Å². The number of aliphatic carboxylic acids is 2. The van der Waals surface area contributed by atoms with Crippen LogP contribution in [-0.2, 0) is 9.59 Å². The van der Waals surface area contributed by atoms with E-state index in [1.807, 2.05) is 13.0 Å². The lowest BCUT2D eigenvalue weighted by Gasteiger charge is -2.16. The zero-order chi connectivity index (χ0) is 25.3. The van der Waals surface area contributed by atoms with Gasteiger partial charge in [0.2, 0.25) is 0 Å². The summed E-state index contributed by atoms with van der Waals surface area (Å²) in [6.45, 7) is 18.0. The van der Waals surface area contributed by atoms with Crippen molar-refractivity contribution in [3.05, 3.63) is 46.6 Å². The zero-order valence-electron chi connectivity index (χ0n) is 22.0. The fraction of sp³-hybridized carbons (Fsp3) is 0.643. The maximum Gasteiger partial charge on any atom is 0.309 e. The molecule has 1 unspecified atom stereocenters. The molecule has 0 aliphatic heterocycles. The summed E-state index contributed by atoms with van der Waals surface area (Å²) in [5, 5.41) is 17.9. The average molecular weight is 449 g/mol. The molecule has 0 spiro atoms. The molecule has 4 heteroatoms. The zero-order valence-corrected chi connectivity index (χ0v) is 22.0. The van der Waals surface area contributed by atoms with Gasteiger partial charge in [0.25, 0.3) is 0 Å². The fourth-order valence-corrected chi connectivity index (χ4v) is 2.68. The molecule has 32 heavy (non-hydrogen) atoms. The predicted molar refractivity (Wildman–Crippen MR) is 137 cm³/mol. The summed E-state index contributed by atoms with van der Waals surface area (Å²) in [4.78, 5) is 21.7. The van der Waals surface area contributed by atoms with Crippen molar-refractivity contribution in [1.82, 2.24) is 0 Å². The molecule has 0 saturated carbocycles. The number of carboxylic acids is 2. The van der Waals surface area contributed by atoms with Crippen LogP contribution in [0.3, 0.4) is 0 Å². The number of rotatable bonds is 13. The number of allylic oxidation sites excluding steroid dienone is 8. The van der Waals surface area contributed by atoms with Crippen molar-refractivity contribution in [3.63, 3.8) is 0 Å². The molecule has 2 N–H and O–H groups in total. The second-order valence-electron chi connectivity index (χ2n) is 9.81. The van der Waals surface area contributed by atoms with Gasteiger partial charge in [0, 0.05) is 0 Å². The molecular weight excluding hydrogens is 400 g/mol. The van der Waals surface area contributed by atoms with Crippen LogP contribution in [0.25, 0.3) is 0 Å². The van der Waals surface area contributed by atoms with Gasteiger partial charge in [0.1, 0.15) is 0 Å². The van der Waals surface area contributed by atoms with Crippen molar-refractivity contribution in [2.24, 2.45) is 11.3 Å². The van der Waals surface area contributed by atoms with E-state index in [1.165, 1.54) is 22.3 Å². The van der Waals surface area contributed by atoms with E-state index < -0.39 is 17.4 Å².